The summed E-state index contributed by atoms with van der Waals surface area (Å²) in [4.78, 5) is 18.5. The van der Waals surface area contributed by atoms with Crippen molar-refractivity contribution in [3.8, 4) is 0 Å². The van der Waals surface area contributed by atoms with Gasteiger partial charge in [0, 0.05) is 23.8 Å². The number of hydrogen-bond donors (Lipinski definition) is 1. The number of aliphatic hydroxyl groups is 1. The summed E-state index contributed by atoms with van der Waals surface area (Å²) >= 11 is 3.38. The Morgan fingerprint density at radius 3 is 2.71 bits per heavy atom. The van der Waals surface area contributed by atoms with E-state index in [-0.39, 0.29) is 6.09 Å². The van der Waals surface area contributed by atoms with E-state index >= 15 is 0 Å². The van der Waals surface area contributed by atoms with Gasteiger partial charge in [-0.05, 0) is 79.9 Å². The number of carbonyl (C=O) groups is 1. The van der Waals surface area contributed by atoms with E-state index in [0.717, 1.165) is 23.1 Å². The zero-order chi connectivity index (χ0) is 17.5. The van der Waals surface area contributed by atoms with Crippen LogP contribution >= 0.6 is 15.9 Å². The maximum atomic E-state index is 12.3. The number of ether oxygens (including phenoxy) is 1. The molecule has 1 saturated heterocycles. The van der Waals surface area contributed by atoms with Crippen molar-refractivity contribution in [1.29, 1.82) is 0 Å². The molecule has 1 N–H and O–H groups in total. The average molecular weight is 397 g/mol. The number of nitrogens with zero attached hydrogens (tertiary/aromatic N) is 2. The number of hydrogen-bond acceptors (Lipinski definition) is 4. The van der Waals surface area contributed by atoms with Crippen LogP contribution in [0.4, 0.5) is 4.79 Å². The molecule has 2 fully saturated rings. The average Bonchev–Trinajstić information content (AvgIpc) is 2.89. The van der Waals surface area contributed by atoms with Gasteiger partial charge in [-0.3, -0.25) is 4.98 Å². The molecule has 1 aliphatic carbocycles. The lowest BCUT2D eigenvalue weighted by Gasteiger charge is -2.37. The molecule has 1 aromatic rings. The molecule has 5 nitrogen and oxygen atoms in total. The van der Waals surface area contributed by atoms with Crippen LogP contribution in [0.5, 0.6) is 0 Å². The fourth-order valence-electron chi connectivity index (χ4n) is 3.82. The summed E-state index contributed by atoms with van der Waals surface area (Å²) in [6.07, 6.45) is 3.71. The second-order valence-electron chi connectivity index (χ2n) is 8.04. The SMILES string of the molecule is CC(C)(C)OC(=O)N1CC2CCC(O)(c3ccc(Br)cn3)CC2C1. The van der Waals surface area contributed by atoms with Gasteiger partial charge >= 0.3 is 6.09 Å². The predicted molar refractivity (Wildman–Crippen MR) is 94.5 cm³/mol. The van der Waals surface area contributed by atoms with Crippen molar-refractivity contribution in [3.63, 3.8) is 0 Å². The molecule has 3 rings (SSSR count). The maximum absolute atomic E-state index is 12.3. The normalized spacial score (nSPS) is 30.1. The summed E-state index contributed by atoms with van der Waals surface area (Å²) in [5, 5.41) is 11.1. The van der Waals surface area contributed by atoms with Crippen LogP contribution < -0.4 is 0 Å². The van der Waals surface area contributed by atoms with Crippen molar-refractivity contribution in [2.24, 2.45) is 11.8 Å². The van der Waals surface area contributed by atoms with E-state index in [1.54, 1.807) is 11.1 Å². The summed E-state index contributed by atoms with van der Waals surface area (Å²) in [5.74, 6) is 0.731. The molecule has 0 radical (unpaired) electrons. The van der Waals surface area contributed by atoms with Gasteiger partial charge in [-0.2, -0.15) is 0 Å². The quantitative estimate of drug-likeness (QED) is 0.785. The van der Waals surface area contributed by atoms with Gasteiger partial charge in [0.25, 0.3) is 0 Å². The predicted octanol–water partition coefficient (Wildman–Crippen LogP) is 3.70. The van der Waals surface area contributed by atoms with Crippen LogP contribution in [0.2, 0.25) is 0 Å². The highest BCUT2D eigenvalue weighted by molar-refractivity contribution is 9.10. The number of aromatic nitrogens is 1. The van der Waals surface area contributed by atoms with Gasteiger partial charge in [0.2, 0.25) is 0 Å². The van der Waals surface area contributed by atoms with Crippen molar-refractivity contribution in [2.75, 3.05) is 13.1 Å². The third kappa shape index (κ3) is 3.75. The van der Waals surface area contributed by atoms with Crippen LogP contribution in [0.15, 0.2) is 22.8 Å². The third-order valence-electron chi connectivity index (χ3n) is 4.96. The Bertz CT molecular complexity index is 614. The second kappa shape index (κ2) is 6.30. The minimum atomic E-state index is -0.897. The molecule has 2 aliphatic rings. The Balaban J connectivity index is 1.68. The van der Waals surface area contributed by atoms with Gasteiger partial charge in [-0.25, -0.2) is 4.79 Å². The maximum Gasteiger partial charge on any atom is 0.410 e. The fourth-order valence-corrected chi connectivity index (χ4v) is 4.05. The minimum absolute atomic E-state index is 0.248. The Kier molecular flexibility index (Phi) is 4.64. The molecule has 3 unspecified atom stereocenters. The molecular weight excluding hydrogens is 372 g/mol. The first kappa shape index (κ1) is 17.7. The summed E-state index contributed by atoms with van der Waals surface area (Å²) in [5.41, 5.74) is -0.654. The lowest BCUT2D eigenvalue weighted by molar-refractivity contribution is -0.0338. The van der Waals surface area contributed by atoms with Gasteiger partial charge in [-0.15, -0.1) is 0 Å². The van der Waals surface area contributed by atoms with E-state index in [1.807, 2.05) is 32.9 Å². The van der Waals surface area contributed by atoms with Crippen LogP contribution in [0.25, 0.3) is 0 Å². The number of amides is 1. The lowest BCUT2D eigenvalue weighted by atomic mass is 9.72. The third-order valence-corrected chi connectivity index (χ3v) is 5.43. The molecule has 1 saturated carbocycles. The summed E-state index contributed by atoms with van der Waals surface area (Å²) in [6, 6.07) is 3.79. The largest absolute Gasteiger partial charge is 0.444 e. The van der Waals surface area contributed by atoms with Gasteiger partial charge < -0.3 is 14.7 Å². The van der Waals surface area contributed by atoms with Crippen molar-refractivity contribution >= 4 is 22.0 Å². The summed E-state index contributed by atoms with van der Waals surface area (Å²) < 4.78 is 6.39. The van der Waals surface area contributed by atoms with Gasteiger partial charge in [0.05, 0.1) is 5.69 Å². The number of pyridine rings is 1. The number of likely N-dealkylation sites (tertiary alicyclic amines) is 1. The lowest BCUT2D eigenvalue weighted by Crippen LogP contribution is -2.37. The second-order valence-corrected chi connectivity index (χ2v) is 8.96. The number of halogens is 1. The Hall–Kier alpha value is -1.14. The van der Waals surface area contributed by atoms with Crippen LogP contribution in [-0.4, -0.2) is 39.8 Å². The van der Waals surface area contributed by atoms with Crippen LogP contribution in [0.1, 0.15) is 45.7 Å². The number of rotatable bonds is 1. The van der Waals surface area contributed by atoms with E-state index in [1.165, 1.54) is 0 Å². The van der Waals surface area contributed by atoms with Crippen molar-refractivity contribution in [2.45, 2.75) is 51.2 Å². The van der Waals surface area contributed by atoms with Gasteiger partial charge in [-0.1, -0.05) is 0 Å². The molecule has 0 spiro atoms. The Morgan fingerprint density at radius 1 is 1.38 bits per heavy atom. The van der Waals surface area contributed by atoms with Crippen LogP contribution in [0.3, 0.4) is 0 Å². The smallest absolute Gasteiger partial charge is 0.410 e. The molecule has 132 valence electrons. The monoisotopic (exact) mass is 396 g/mol. The molecule has 0 aromatic carbocycles. The van der Waals surface area contributed by atoms with Crippen molar-refractivity contribution in [1.82, 2.24) is 9.88 Å². The zero-order valence-corrected chi connectivity index (χ0v) is 16.0. The van der Waals surface area contributed by atoms with E-state index in [2.05, 4.69) is 20.9 Å². The molecular formula is C18H25BrN2O3. The van der Waals surface area contributed by atoms with Gasteiger partial charge in [0.1, 0.15) is 11.2 Å². The minimum Gasteiger partial charge on any atom is -0.444 e. The first-order valence-electron chi connectivity index (χ1n) is 8.49. The number of carbonyl (C=O) groups excluding carboxylic acids is 1. The molecule has 0 bridgehead atoms. The van der Waals surface area contributed by atoms with Crippen LogP contribution in [-0.2, 0) is 10.3 Å². The molecule has 1 aromatic heterocycles. The van der Waals surface area contributed by atoms with Crippen LogP contribution in [0, 0.1) is 11.8 Å². The standard InChI is InChI=1S/C18H25BrN2O3/c1-17(2,3)24-16(22)21-10-12-6-7-18(23,8-13(12)11-21)15-5-4-14(19)9-20-15/h4-5,9,12-13,23H,6-8,10-11H2,1-3H3. The topological polar surface area (TPSA) is 62.7 Å². The first-order chi connectivity index (χ1) is 11.2. The molecule has 1 amide bonds. The Labute approximate surface area is 151 Å². The van der Waals surface area contributed by atoms with E-state index in [0.29, 0.717) is 31.2 Å². The summed E-state index contributed by atoms with van der Waals surface area (Å²) in [6.45, 7) is 7.02. The highest BCUT2D eigenvalue weighted by Gasteiger charge is 2.46. The highest BCUT2D eigenvalue weighted by atomic mass is 79.9. The van der Waals surface area contributed by atoms with E-state index in [9.17, 15) is 9.90 Å². The molecule has 6 heteroatoms. The fraction of sp³-hybridized carbons (Fsp3) is 0.667. The zero-order valence-electron chi connectivity index (χ0n) is 14.5. The molecule has 24 heavy (non-hydrogen) atoms. The molecule has 3 atom stereocenters. The number of fused-ring (bicyclic) bond motifs is 1. The molecule has 2 heterocycles. The van der Waals surface area contributed by atoms with Crippen molar-refractivity contribution < 1.29 is 14.6 Å². The van der Waals surface area contributed by atoms with E-state index < -0.39 is 11.2 Å². The first-order valence-corrected chi connectivity index (χ1v) is 9.28. The highest BCUT2D eigenvalue weighted by Crippen LogP contribution is 2.45. The molecule has 1 aliphatic heterocycles. The summed E-state index contributed by atoms with van der Waals surface area (Å²) in [7, 11) is 0. The Morgan fingerprint density at radius 2 is 2.08 bits per heavy atom. The van der Waals surface area contributed by atoms with E-state index in [4.69, 9.17) is 4.74 Å². The van der Waals surface area contributed by atoms with Crippen molar-refractivity contribution in [3.05, 3.63) is 28.5 Å². The van der Waals surface area contributed by atoms with Gasteiger partial charge in [0.15, 0.2) is 0 Å².